The van der Waals surface area contributed by atoms with Gasteiger partial charge >= 0.3 is 0 Å². The van der Waals surface area contributed by atoms with Crippen molar-refractivity contribution in [2.45, 2.75) is 37.3 Å². The number of carbonyl (C=O) groups is 1. The molecule has 0 bridgehead atoms. The van der Waals surface area contributed by atoms with Crippen molar-refractivity contribution in [3.8, 4) is 0 Å². The third-order valence-electron chi connectivity index (χ3n) is 5.04. The van der Waals surface area contributed by atoms with Gasteiger partial charge in [0.1, 0.15) is 5.01 Å². The minimum absolute atomic E-state index is 0.0308. The maximum atomic E-state index is 12.4. The van der Waals surface area contributed by atoms with E-state index in [0.717, 1.165) is 44.5 Å². The Morgan fingerprint density at radius 2 is 2.22 bits per heavy atom. The maximum absolute atomic E-state index is 12.4. The van der Waals surface area contributed by atoms with Crippen LogP contribution < -0.4 is 5.32 Å². The number of nitrogens with one attached hydrogen (secondary N) is 1. The minimum Gasteiger partial charge on any atom is -0.350 e. The highest BCUT2D eigenvalue weighted by Gasteiger charge is 2.46. The summed E-state index contributed by atoms with van der Waals surface area (Å²) >= 11 is 1.71. The van der Waals surface area contributed by atoms with Crippen molar-refractivity contribution in [3.05, 3.63) is 46.7 Å². The molecule has 0 saturated carbocycles. The van der Waals surface area contributed by atoms with Gasteiger partial charge in [-0.05, 0) is 30.9 Å². The van der Waals surface area contributed by atoms with Crippen molar-refractivity contribution in [3.63, 3.8) is 0 Å². The quantitative estimate of drug-likeness (QED) is 0.938. The Morgan fingerprint density at radius 3 is 2.91 bits per heavy atom. The van der Waals surface area contributed by atoms with Crippen LogP contribution in [0.15, 0.2) is 36.1 Å². The number of thiazole rings is 1. The SMILES string of the molecule is O=C1NC2(CCN(Cc3nccs3)CC2)C[C@@H]1c1cccnc1. The fourth-order valence-corrected chi connectivity index (χ4v) is 4.38. The monoisotopic (exact) mass is 328 g/mol. The zero-order chi connectivity index (χ0) is 15.7. The molecule has 2 saturated heterocycles. The molecule has 0 aromatic carbocycles. The lowest BCUT2D eigenvalue weighted by Crippen LogP contribution is -2.50. The van der Waals surface area contributed by atoms with Gasteiger partial charge in [-0.2, -0.15) is 0 Å². The summed E-state index contributed by atoms with van der Waals surface area (Å²) in [5.41, 5.74) is 1.00. The van der Waals surface area contributed by atoms with Crippen molar-refractivity contribution in [2.24, 2.45) is 0 Å². The van der Waals surface area contributed by atoms with Crippen LogP contribution in [0.1, 0.15) is 35.8 Å². The van der Waals surface area contributed by atoms with Gasteiger partial charge in [0.2, 0.25) is 5.91 Å². The molecular weight excluding hydrogens is 308 g/mol. The molecule has 1 atom stereocenters. The molecule has 23 heavy (non-hydrogen) atoms. The first kappa shape index (κ1) is 14.8. The molecule has 1 N–H and O–H groups in total. The fraction of sp³-hybridized carbons (Fsp3) is 0.471. The molecule has 2 aliphatic rings. The van der Waals surface area contributed by atoms with E-state index in [1.165, 1.54) is 5.01 Å². The van der Waals surface area contributed by atoms with Gasteiger partial charge in [0, 0.05) is 42.6 Å². The predicted octanol–water partition coefficient (Wildman–Crippen LogP) is 2.18. The second kappa shape index (κ2) is 6.02. The average molecular weight is 328 g/mol. The van der Waals surface area contributed by atoms with Crippen molar-refractivity contribution in [1.29, 1.82) is 0 Å². The molecule has 4 rings (SSSR count). The van der Waals surface area contributed by atoms with E-state index >= 15 is 0 Å². The van der Waals surface area contributed by atoms with Gasteiger partial charge in [-0.15, -0.1) is 11.3 Å². The van der Waals surface area contributed by atoms with Gasteiger partial charge in [-0.3, -0.25) is 14.7 Å². The van der Waals surface area contributed by atoms with Crippen LogP contribution >= 0.6 is 11.3 Å². The van der Waals surface area contributed by atoms with E-state index < -0.39 is 0 Å². The van der Waals surface area contributed by atoms with Gasteiger partial charge in [-0.25, -0.2) is 4.98 Å². The van der Waals surface area contributed by atoms with Crippen molar-refractivity contribution in [2.75, 3.05) is 13.1 Å². The van der Waals surface area contributed by atoms with Crippen LogP contribution in [0.25, 0.3) is 0 Å². The number of rotatable bonds is 3. The summed E-state index contributed by atoms with van der Waals surface area (Å²) in [6.45, 7) is 2.95. The number of carbonyl (C=O) groups excluding carboxylic acids is 1. The molecule has 0 radical (unpaired) electrons. The van der Waals surface area contributed by atoms with Crippen molar-refractivity contribution < 1.29 is 4.79 Å². The van der Waals surface area contributed by atoms with Gasteiger partial charge in [0.15, 0.2) is 0 Å². The number of likely N-dealkylation sites (tertiary alicyclic amines) is 1. The Morgan fingerprint density at radius 1 is 1.35 bits per heavy atom. The first-order valence-electron chi connectivity index (χ1n) is 8.07. The number of nitrogens with zero attached hydrogens (tertiary/aromatic N) is 3. The van der Waals surface area contributed by atoms with E-state index in [0.29, 0.717) is 0 Å². The number of pyridine rings is 1. The molecule has 1 spiro atoms. The summed E-state index contributed by atoms with van der Waals surface area (Å²) in [6.07, 6.45) is 8.36. The standard InChI is InChI=1S/C17H20N4OS/c22-16-14(13-2-1-5-18-11-13)10-17(20-16)3-7-21(8-4-17)12-15-19-6-9-23-15/h1-2,5-6,9,11,14H,3-4,7-8,10,12H2,(H,20,22)/t14-/m1/s1. The second-order valence-corrected chi connectivity index (χ2v) is 7.49. The Bertz CT molecular complexity index is 665. The molecule has 2 aromatic heterocycles. The number of hydrogen-bond donors (Lipinski definition) is 1. The summed E-state index contributed by atoms with van der Waals surface area (Å²) in [5.74, 6) is 0.112. The Kier molecular flexibility index (Phi) is 3.87. The van der Waals surface area contributed by atoms with Gasteiger partial charge in [0.25, 0.3) is 0 Å². The number of piperidine rings is 1. The smallest absolute Gasteiger partial charge is 0.228 e. The van der Waals surface area contributed by atoms with E-state index in [4.69, 9.17) is 0 Å². The second-order valence-electron chi connectivity index (χ2n) is 6.51. The van der Waals surface area contributed by atoms with Crippen LogP contribution in [0.5, 0.6) is 0 Å². The third kappa shape index (κ3) is 3.01. The molecule has 2 aromatic rings. The van der Waals surface area contributed by atoms with E-state index in [2.05, 4.69) is 20.2 Å². The Labute approximate surface area is 139 Å². The van der Waals surface area contributed by atoms with E-state index in [-0.39, 0.29) is 17.4 Å². The molecular formula is C17H20N4OS. The summed E-state index contributed by atoms with van der Waals surface area (Å²) in [5, 5.41) is 6.49. The number of aromatic nitrogens is 2. The summed E-state index contributed by atoms with van der Waals surface area (Å²) in [4.78, 5) is 23.4. The lowest BCUT2D eigenvalue weighted by atomic mass is 9.82. The topological polar surface area (TPSA) is 58.1 Å². The lowest BCUT2D eigenvalue weighted by molar-refractivity contribution is -0.121. The first-order valence-corrected chi connectivity index (χ1v) is 8.95. The van der Waals surface area contributed by atoms with Gasteiger partial charge in [0.05, 0.1) is 12.5 Å². The van der Waals surface area contributed by atoms with Crippen LogP contribution in [0.4, 0.5) is 0 Å². The van der Waals surface area contributed by atoms with Crippen LogP contribution in [-0.2, 0) is 11.3 Å². The molecule has 2 aliphatic heterocycles. The zero-order valence-corrected chi connectivity index (χ0v) is 13.8. The average Bonchev–Trinajstić information content (AvgIpc) is 3.19. The summed E-state index contributed by atoms with van der Waals surface area (Å²) in [7, 11) is 0. The predicted molar refractivity (Wildman–Crippen MR) is 89.1 cm³/mol. The van der Waals surface area contributed by atoms with E-state index in [1.54, 1.807) is 17.5 Å². The molecule has 5 nitrogen and oxygen atoms in total. The van der Waals surface area contributed by atoms with Gasteiger partial charge in [-0.1, -0.05) is 6.07 Å². The molecule has 1 amide bonds. The largest absolute Gasteiger partial charge is 0.350 e. The molecule has 2 fully saturated rings. The Hall–Kier alpha value is -1.79. The maximum Gasteiger partial charge on any atom is 0.228 e. The number of hydrogen-bond acceptors (Lipinski definition) is 5. The van der Waals surface area contributed by atoms with Crippen molar-refractivity contribution in [1.82, 2.24) is 20.2 Å². The fourth-order valence-electron chi connectivity index (χ4n) is 3.72. The highest BCUT2D eigenvalue weighted by Crippen LogP contribution is 2.39. The van der Waals surface area contributed by atoms with E-state index in [9.17, 15) is 4.79 Å². The highest BCUT2D eigenvalue weighted by molar-refractivity contribution is 7.09. The Balaban J connectivity index is 1.40. The highest BCUT2D eigenvalue weighted by atomic mass is 32.1. The number of amides is 1. The molecule has 0 unspecified atom stereocenters. The lowest BCUT2D eigenvalue weighted by Gasteiger charge is -2.39. The zero-order valence-electron chi connectivity index (χ0n) is 12.9. The van der Waals surface area contributed by atoms with Gasteiger partial charge < -0.3 is 5.32 Å². The molecule has 6 heteroatoms. The van der Waals surface area contributed by atoms with Crippen LogP contribution in [0.2, 0.25) is 0 Å². The van der Waals surface area contributed by atoms with Crippen LogP contribution in [-0.4, -0.2) is 39.4 Å². The minimum atomic E-state index is -0.0470. The molecule has 4 heterocycles. The van der Waals surface area contributed by atoms with Crippen LogP contribution in [0, 0.1) is 0 Å². The molecule has 120 valence electrons. The third-order valence-corrected chi connectivity index (χ3v) is 5.81. The van der Waals surface area contributed by atoms with E-state index in [1.807, 2.05) is 29.9 Å². The van der Waals surface area contributed by atoms with Crippen molar-refractivity contribution >= 4 is 17.2 Å². The molecule has 0 aliphatic carbocycles. The van der Waals surface area contributed by atoms with Crippen LogP contribution in [0.3, 0.4) is 0 Å². The first-order chi connectivity index (χ1) is 11.2. The summed E-state index contributed by atoms with van der Waals surface area (Å²) in [6, 6.07) is 3.91. The summed E-state index contributed by atoms with van der Waals surface area (Å²) < 4.78 is 0. The normalized spacial score (nSPS) is 24.0.